The molecule has 2 unspecified atom stereocenters. The SMILES string of the molecule is N#CCCSC(CC#N)C(S)CC#N. The molecule has 0 amide bonds. The minimum absolute atomic E-state index is 0.0522. The van der Waals surface area contributed by atoms with Crippen LogP contribution in [0.25, 0.3) is 0 Å². The Bertz CT molecular complexity index is 271. The number of thiol groups is 1. The monoisotopic (exact) mass is 225 g/mol. The molecule has 0 aromatic carbocycles. The first-order valence-corrected chi connectivity index (χ1v) is 5.73. The zero-order valence-electron chi connectivity index (χ0n) is 7.68. The molecule has 14 heavy (non-hydrogen) atoms. The third kappa shape index (κ3) is 5.75. The molecule has 0 saturated carbocycles. The largest absolute Gasteiger partial charge is 0.198 e. The molecule has 3 nitrogen and oxygen atoms in total. The molecule has 0 aliphatic heterocycles. The van der Waals surface area contributed by atoms with Crippen molar-refractivity contribution in [2.24, 2.45) is 0 Å². The standard InChI is InChI=1S/C9H11N3S2/c10-4-1-7-14-9(3-6-12)8(13)2-5-11/h8-9,13H,1-3,7H2. The van der Waals surface area contributed by atoms with Gasteiger partial charge in [0.25, 0.3) is 0 Å². The second kappa shape index (κ2) is 8.75. The van der Waals surface area contributed by atoms with E-state index in [-0.39, 0.29) is 10.5 Å². The average Bonchev–Trinajstić information content (AvgIpc) is 2.17. The third-order valence-electron chi connectivity index (χ3n) is 1.57. The van der Waals surface area contributed by atoms with E-state index in [0.29, 0.717) is 25.0 Å². The number of hydrogen-bond donors (Lipinski definition) is 1. The Balaban J connectivity index is 3.97. The number of nitriles is 3. The van der Waals surface area contributed by atoms with Crippen molar-refractivity contribution in [2.45, 2.75) is 29.8 Å². The summed E-state index contributed by atoms with van der Waals surface area (Å²) in [5.41, 5.74) is 0. The summed E-state index contributed by atoms with van der Waals surface area (Å²) in [4.78, 5) is 0. The van der Waals surface area contributed by atoms with Gasteiger partial charge in [-0.25, -0.2) is 0 Å². The quantitative estimate of drug-likeness (QED) is 0.555. The molecule has 0 spiro atoms. The number of hydrogen-bond acceptors (Lipinski definition) is 5. The lowest BCUT2D eigenvalue weighted by Gasteiger charge is -2.17. The molecule has 0 rings (SSSR count). The zero-order valence-corrected chi connectivity index (χ0v) is 9.39. The predicted octanol–water partition coefficient (Wildman–Crippen LogP) is 2.13. The van der Waals surface area contributed by atoms with E-state index in [1.807, 2.05) is 12.1 Å². The van der Waals surface area contributed by atoms with E-state index in [0.717, 1.165) is 0 Å². The molecular weight excluding hydrogens is 214 g/mol. The van der Waals surface area contributed by atoms with Crippen molar-refractivity contribution in [1.82, 2.24) is 0 Å². The molecule has 0 aromatic rings. The van der Waals surface area contributed by atoms with Gasteiger partial charge in [-0.05, 0) is 0 Å². The molecular formula is C9H11N3S2. The highest BCUT2D eigenvalue weighted by atomic mass is 32.2. The third-order valence-corrected chi connectivity index (χ3v) is 3.68. The Morgan fingerprint density at radius 2 is 1.71 bits per heavy atom. The van der Waals surface area contributed by atoms with E-state index in [2.05, 4.69) is 18.7 Å². The van der Waals surface area contributed by atoms with Gasteiger partial charge in [-0.1, -0.05) is 0 Å². The first kappa shape index (κ1) is 13.2. The predicted molar refractivity (Wildman–Crippen MR) is 59.7 cm³/mol. The summed E-state index contributed by atoms with van der Waals surface area (Å²) in [6.45, 7) is 0. The van der Waals surface area contributed by atoms with E-state index in [1.165, 1.54) is 0 Å². The van der Waals surface area contributed by atoms with E-state index in [4.69, 9.17) is 15.8 Å². The van der Waals surface area contributed by atoms with Crippen LogP contribution in [0.3, 0.4) is 0 Å². The van der Waals surface area contributed by atoms with Crippen LogP contribution in [-0.4, -0.2) is 16.3 Å². The van der Waals surface area contributed by atoms with Gasteiger partial charge in [0, 0.05) is 35.5 Å². The van der Waals surface area contributed by atoms with Crippen LogP contribution in [0.4, 0.5) is 0 Å². The smallest absolute Gasteiger partial charge is 0.0633 e. The minimum atomic E-state index is -0.0802. The summed E-state index contributed by atoms with van der Waals surface area (Å²) in [5, 5.41) is 25.4. The molecule has 0 aliphatic carbocycles. The fourth-order valence-corrected chi connectivity index (χ4v) is 2.34. The fourth-order valence-electron chi connectivity index (χ4n) is 0.877. The van der Waals surface area contributed by atoms with E-state index in [9.17, 15) is 0 Å². The lowest BCUT2D eigenvalue weighted by Crippen LogP contribution is -2.17. The van der Waals surface area contributed by atoms with Gasteiger partial charge >= 0.3 is 0 Å². The van der Waals surface area contributed by atoms with Crippen LogP contribution in [0, 0.1) is 34.0 Å². The van der Waals surface area contributed by atoms with Gasteiger partial charge < -0.3 is 0 Å². The molecule has 0 bridgehead atoms. The van der Waals surface area contributed by atoms with Crippen LogP contribution < -0.4 is 0 Å². The van der Waals surface area contributed by atoms with Crippen molar-refractivity contribution >= 4 is 24.4 Å². The second-order valence-corrected chi connectivity index (χ2v) is 4.62. The van der Waals surface area contributed by atoms with Gasteiger partial charge in [-0.2, -0.15) is 40.2 Å². The lowest BCUT2D eigenvalue weighted by atomic mass is 10.2. The first-order valence-electron chi connectivity index (χ1n) is 4.16. The molecule has 0 aromatic heterocycles. The highest BCUT2D eigenvalue weighted by Crippen LogP contribution is 2.24. The summed E-state index contributed by atoms with van der Waals surface area (Å²) < 4.78 is 0. The second-order valence-electron chi connectivity index (χ2n) is 2.61. The van der Waals surface area contributed by atoms with Crippen molar-refractivity contribution in [3.63, 3.8) is 0 Å². The van der Waals surface area contributed by atoms with Gasteiger partial charge in [0.1, 0.15) is 0 Å². The summed E-state index contributed by atoms with van der Waals surface area (Å²) in [7, 11) is 0. The number of nitrogens with zero attached hydrogens (tertiary/aromatic N) is 3. The van der Waals surface area contributed by atoms with Crippen LogP contribution in [0.5, 0.6) is 0 Å². The van der Waals surface area contributed by atoms with Crippen molar-refractivity contribution in [2.75, 3.05) is 5.75 Å². The highest BCUT2D eigenvalue weighted by Gasteiger charge is 2.17. The molecule has 74 valence electrons. The highest BCUT2D eigenvalue weighted by molar-refractivity contribution is 8.00. The lowest BCUT2D eigenvalue weighted by molar-refractivity contribution is 0.816. The number of thioether (sulfide) groups is 1. The zero-order chi connectivity index (χ0) is 10.8. The van der Waals surface area contributed by atoms with Crippen LogP contribution >= 0.6 is 24.4 Å². The topological polar surface area (TPSA) is 71.4 Å². The molecule has 0 fully saturated rings. The van der Waals surface area contributed by atoms with Crippen molar-refractivity contribution in [1.29, 1.82) is 15.8 Å². The van der Waals surface area contributed by atoms with Gasteiger partial charge in [0.2, 0.25) is 0 Å². The Kier molecular flexibility index (Phi) is 8.24. The molecule has 0 aliphatic rings. The van der Waals surface area contributed by atoms with Crippen molar-refractivity contribution in [3.8, 4) is 18.2 Å². The van der Waals surface area contributed by atoms with Gasteiger partial charge in [-0.3, -0.25) is 0 Å². The van der Waals surface area contributed by atoms with Crippen LogP contribution in [0.15, 0.2) is 0 Å². The molecule has 2 atom stereocenters. The molecule has 5 heteroatoms. The summed E-state index contributed by atoms with van der Waals surface area (Å²) >= 11 is 5.81. The van der Waals surface area contributed by atoms with E-state index >= 15 is 0 Å². The summed E-state index contributed by atoms with van der Waals surface area (Å²) in [5.74, 6) is 0.700. The molecule has 0 heterocycles. The molecule has 0 radical (unpaired) electrons. The van der Waals surface area contributed by atoms with Crippen LogP contribution in [0.2, 0.25) is 0 Å². The maximum absolute atomic E-state index is 8.57. The maximum atomic E-state index is 8.57. The fraction of sp³-hybridized carbons (Fsp3) is 0.667. The van der Waals surface area contributed by atoms with Crippen molar-refractivity contribution in [3.05, 3.63) is 0 Å². The molecule has 0 N–H and O–H groups in total. The summed E-state index contributed by atoms with van der Waals surface area (Å²) in [6, 6.07) is 6.15. The average molecular weight is 225 g/mol. The summed E-state index contributed by atoms with van der Waals surface area (Å²) in [6.07, 6.45) is 1.20. The van der Waals surface area contributed by atoms with E-state index in [1.54, 1.807) is 11.8 Å². The van der Waals surface area contributed by atoms with Gasteiger partial charge in [-0.15, -0.1) is 0 Å². The molecule has 0 saturated heterocycles. The van der Waals surface area contributed by atoms with Gasteiger partial charge in [0.15, 0.2) is 0 Å². The Hall–Kier alpha value is -0.830. The Morgan fingerprint density at radius 3 is 2.21 bits per heavy atom. The normalized spacial score (nSPS) is 13.3. The maximum Gasteiger partial charge on any atom is 0.0633 e. The van der Waals surface area contributed by atoms with Crippen LogP contribution in [0.1, 0.15) is 19.3 Å². The Labute approximate surface area is 94.1 Å². The minimum Gasteiger partial charge on any atom is -0.198 e. The Morgan fingerprint density at radius 1 is 1.07 bits per heavy atom. The van der Waals surface area contributed by atoms with Crippen LogP contribution in [-0.2, 0) is 0 Å². The van der Waals surface area contributed by atoms with Crippen molar-refractivity contribution < 1.29 is 0 Å². The van der Waals surface area contributed by atoms with E-state index < -0.39 is 0 Å². The van der Waals surface area contributed by atoms with Gasteiger partial charge in [0.05, 0.1) is 18.2 Å². The number of rotatable bonds is 6. The first-order chi connectivity index (χ1) is 6.76.